The summed E-state index contributed by atoms with van der Waals surface area (Å²) in [6.07, 6.45) is 0.976. The summed E-state index contributed by atoms with van der Waals surface area (Å²) in [6, 6.07) is 10.7. The number of benzene rings is 2. The maximum Gasteiger partial charge on any atom is 0.256 e. The van der Waals surface area contributed by atoms with Gasteiger partial charge in [-0.2, -0.15) is 0 Å². The molecule has 1 amide bonds. The van der Waals surface area contributed by atoms with Crippen molar-refractivity contribution in [1.29, 1.82) is 0 Å². The summed E-state index contributed by atoms with van der Waals surface area (Å²) in [5, 5.41) is 0. The summed E-state index contributed by atoms with van der Waals surface area (Å²) in [4.78, 5) is 30.0. The van der Waals surface area contributed by atoms with Gasteiger partial charge in [0.25, 0.3) is 5.91 Å². The zero-order valence-corrected chi connectivity index (χ0v) is 18.8. The number of carbonyl (C=O) groups excluding carboxylic acids is 2. The molecular weight excluding hydrogens is 465 g/mol. The number of hydrogen-bond acceptors (Lipinski definition) is 5. The Balaban J connectivity index is 1.46. The minimum atomic E-state index is -0.333. The Morgan fingerprint density at radius 3 is 2.32 bits per heavy atom. The summed E-state index contributed by atoms with van der Waals surface area (Å²) < 4.78 is 20.8. The number of piperazine rings is 1. The second-order valence-corrected chi connectivity index (χ2v) is 8.61. The van der Waals surface area contributed by atoms with Gasteiger partial charge in [0, 0.05) is 55.8 Å². The Hall–Kier alpha value is -2.45. The van der Waals surface area contributed by atoms with Crippen molar-refractivity contribution in [3.63, 3.8) is 0 Å². The maximum atomic E-state index is 14.5. The first kappa shape index (κ1) is 21.8. The Bertz CT molecular complexity index is 957. The van der Waals surface area contributed by atoms with Crippen LogP contribution >= 0.6 is 15.9 Å². The van der Waals surface area contributed by atoms with E-state index in [9.17, 15) is 14.0 Å². The van der Waals surface area contributed by atoms with Crippen molar-refractivity contribution < 1.29 is 18.7 Å². The van der Waals surface area contributed by atoms with E-state index in [1.807, 2.05) is 28.0 Å². The number of carbonyl (C=O) groups is 2. The number of ether oxygens (including phenoxy) is 1. The zero-order valence-electron chi connectivity index (χ0n) is 17.2. The highest BCUT2D eigenvalue weighted by Gasteiger charge is 2.27. The molecule has 0 unspecified atom stereocenters. The third-order valence-corrected chi connectivity index (χ3v) is 6.27. The lowest BCUT2D eigenvalue weighted by Gasteiger charge is -2.37. The summed E-state index contributed by atoms with van der Waals surface area (Å²) in [5.41, 5.74) is 2.78. The van der Waals surface area contributed by atoms with E-state index in [1.165, 1.54) is 6.07 Å². The van der Waals surface area contributed by atoms with Gasteiger partial charge in [0.2, 0.25) is 0 Å². The van der Waals surface area contributed by atoms with Gasteiger partial charge in [-0.1, -0.05) is 22.0 Å². The molecule has 6 nitrogen and oxygen atoms in total. The highest BCUT2D eigenvalue weighted by Crippen LogP contribution is 2.28. The minimum absolute atomic E-state index is 0.00996. The summed E-state index contributed by atoms with van der Waals surface area (Å²) >= 11 is 3.49. The fourth-order valence-electron chi connectivity index (χ4n) is 4.11. The second-order valence-electron chi connectivity index (χ2n) is 7.70. The third kappa shape index (κ3) is 4.91. The molecule has 2 heterocycles. The first-order valence-electron chi connectivity index (χ1n) is 10.5. The Morgan fingerprint density at radius 2 is 1.65 bits per heavy atom. The number of halogens is 2. The van der Waals surface area contributed by atoms with Gasteiger partial charge in [-0.15, -0.1) is 0 Å². The van der Waals surface area contributed by atoms with Crippen LogP contribution in [0.15, 0.2) is 40.9 Å². The van der Waals surface area contributed by atoms with Crippen LogP contribution < -0.4 is 9.80 Å². The number of anilines is 2. The van der Waals surface area contributed by atoms with Crippen molar-refractivity contribution in [3.05, 3.63) is 57.8 Å². The molecule has 0 aromatic heterocycles. The van der Waals surface area contributed by atoms with E-state index in [0.717, 1.165) is 29.5 Å². The van der Waals surface area contributed by atoms with Gasteiger partial charge in [0.05, 0.1) is 24.5 Å². The normalized spacial score (nSPS) is 17.0. The number of rotatable bonds is 5. The van der Waals surface area contributed by atoms with Gasteiger partial charge in [-0.05, 0) is 35.9 Å². The average molecular weight is 490 g/mol. The minimum Gasteiger partial charge on any atom is -0.378 e. The molecule has 0 spiro atoms. The molecule has 2 aromatic rings. The number of morpholine rings is 1. The molecule has 2 aliphatic rings. The van der Waals surface area contributed by atoms with Gasteiger partial charge >= 0.3 is 0 Å². The van der Waals surface area contributed by atoms with Crippen LogP contribution in [0, 0.1) is 5.82 Å². The largest absolute Gasteiger partial charge is 0.378 e. The van der Waals surface area contributed by atoms with Crippen molar-refractivity contribution in [2.24, 2.45) is 0 Å². The Labute approximate surface area is 189 Å². The van der Waals surface area contributed by atoms with Crippen LogP contribution in [0.3, 0.4) is 0 Å². The lowest BCUT2D eigenvalue weighted by molar-refractivity contribution is -0.107. The van der Waals surface area contributed by atoms with Gasteiger partial charge in [0.15, 0.2) is 0 Å². The van der Waals surface area contributed by atoms with Crippen molar-refractivity contribution in [3.8, 4) is 0 Å². The van der Waals surface area contributed by atoms with Crippen LogP contribution in [0.25, 0.3) is 0 Å². The number of nitrogens with zero attached hydrogens (tertiary/aromatic N) is 3. The summed E-state index contributed by atoms with van der Waals surface area (Å²) in [6.45, 7) is 4.96. The molecule has 2 aromatic carbocycles. The molecule has 2 fully saturated rings. The van der Waals surface area contributed by atoms with Crippen LogP contribution in [-0.4, -0.2) is 69.6 Å². The second kappa shape index (κ2) is 9.78. The topological polar surface area (TPSA) is 53.1 Å². The Kier molecular flexibility index (Phi) is 6.87. The monoisotopic (exact) mass is 489 g/mol. The van der Waals surface area contributed by atoms with Gasteiger partial charge in [-0.25, -0.2) is 4.39 Å². The molecule has 2 saturated heterocycles. The Morgan fingerprint density at radius 1 is 0.968 bits per heavy atom. The molecule has 0 N–H and O–H groups in total. The van der Waals surface area contributed by atoms with E-state index in [-0.39, 0.29) is 18.1 Å². The van der Waals surface area contributed by atoms with Crippen molar-refractivity contribution in [1.82, 2.24) is 4.90 Å². The van der Waals surface area contributed by atoms with Crippen LogP contribution in [0.2, 0.25) is 0 Å². The number of hydrogen-bond donors (Lipinski definition) is 0. The third-order valence-electron chi connectivity index (χ3n) is 5.78. The molecule has 4 rings (SSSR count). The highest BCUT2D eigenvalue weighted by atomic mass is 79.9. The molecule has 0 bridgehead atoms. The number of amides is 1. The molecule has 8 heteroatoms. The van der Waals surface area contributed by atoms with Gasteiger partial charge < -0.3 is 24.2 Å². The first-order valence-corrected chi connectivity index (χ1v) is 11.2. The van der Waals surface area contributed by atoms with Crippen LogP contribution in [0.1, 0.15) is 15.9 Å². The van der Waals surface area contributed by atoms with E-state index < -0.39 is 0 Å². The van der Waals surface area contributed by atoms with Crippen LogP contribution in [0.5, 0.6) is 0 Å². The molecule has 164 valence electrons. The van der Waals surface area contributed by atoms with Gasteiger partial charge in [-0.3, -0.25) is 4.79 Å². The standard InChI is InChI=1S/C23H25BrFN3O3/c24-18-2-4-21(27-10-13-31-14-11-27)19(16-18)23(30)28-8-6-26(7-9-28)22-3-1-17(5-12-29)15-20(22)25/h1-4,12,15-16H,5-11,13-14H2. The molecule has 0 radical (unpaired) electrons. The van der Waals surface area contributed by atoms with E-state index in [2.05, 4.69) is 20.8 Å². The lowest BCUT2D eigenvalue weighted by atomic mass is 10.1. The van der Waals surface area contributed by atoms with Crippen LogP contribution in [-0.2, 0) is 16.0 Å². The molecule has 0 saturated carbocycles. The first-order chi connectivity index (χ1) is 15.1. The van der Waals surface area contributed by atoms with Crippen molar-refractivity contribution >= 4 is 39.5 Å². The summed E-state index contributed by atoms with van der Waals surface area (Å²) in [5.74, 6) is -0.343. The van der Waals surface area contributed by atoms with Gasteiger partial charge in [0.1, 0.15) is 12.1 Å². The number of aldehydes is 1. The lowest BCUT2D eigenvalue weighted by Crippen LogP contribution is -2.49. The molecule has 0 aliphatic carbocycles. The molecular formula is C23H25BrFN3O3. The molecule has 0 atom stereocenters. The van der Waals surface area contributed by atoms with E-state index in [4.69, 9.17) is 4.74 Å². The fraction of sp³-hybridized carbons (Fsp3) is 0.391. The SMILES string of the molecule is O=CCc1ccc(N2CCN(C(=O)c3cc(Br)ccc3N3CCOCC3)CC2)c(F)c1. The van der Waals surface area contributed by atoms with E-state index in [1.54, 1.807) is 12.1 Å². The van der Waals surface area contributed by atoms with Crippen molar-refractivity contribution in [2.45, 2.75) is 6.42 Å². The molecule has 2 aliphatic heterocycles. The average Bonchev–Trinajstić information content (AvgIpc) is 2.80. The fourth-order valence-corrected chi connectivity index (χ4v) is 4.47. The maximum absolute atomic E-state index is 14.5. The predicted octanol–water partition coefficient (Wildman–Crippen LogP) is 3.13. The summed E-state index contributed by atoms with van der Waals surface area (Å²) in [7, 11) is 0. The zero-order chi connectivity index (χ0) is 21.8. The quantitative estimate of drug-likeness (QED) is 0.604. The predicted molar refractivity (Wildman–Crippen MR) is 121 cm³/mol. The highest BCUT2D eigenvalue weighted by molar-refractivity contribution is 9.10. The smallest absolute Gasteiger partial charge is 0.256 e. The van der Waals surface area contributed by atoms with Crippen molar-refractivity contribution in [2.75, 3.05) is 62.3 Å². The van der Waals surface area contributed by atoms with Crippen LogP contribution in [0.4, 0.5) is 15.8 Å². The van der Waals surface area contributed by atoms with E-state index in [0.29, 0.717) is 56.2 Å². The van der Waals surface area contributed by atoms with E-state index >= 15 is 0 Å². The molecule has 31 heavy (non-hydrogen) atoms.